The zero-order valence-corrected chi connectivity index (χ0v) is 12.9. The second-order valence-corrected chi connectivity index (χ2v) is 6.89. The molecule has 18 heavy (non-hydrogen) atoms. The lowest BCUT2D eigenvalue weighted by atomic mass is 10.3. The van der Waals surface area contributed by atoms with E-state index in [-0.39, 0.29) is 11.9 Å². The molecule has 1 aliphatic rings. The summed E-state index contributed by atoms with van der Waals surface area (Å²) in [7, 11) is 1.67. The molecule has 0 aliphatic carbocycles. The van der Waals surface area contributed by atoms with Crippen molar-refractivity contribution in [3.63, 3.8) is 0 Å². The molecule has 2 unspecified atom stereocenters. The minimum atomic E-state index is -0.111. The number of carbonyl (C=O) groups excluding carboxylic acids is 1. The quantitative estimate of drug-likeness (QED) is 0.653. The highest BCUT2D eigenvalue weighted by Gasteiger charge is 2.17. The molecule has 1 fully saturated rings. The Balaban J connectivity index is 2.07. The van der Waals surface area contributed by atoms with Crippen LogP contribution in [-0.4, -0.2) is 61.3 Å². The molecular weight excluding hydrogens is 268 g/mol. The van der Waals surface area contributed by atoms with Gasteiger partial charge in [-0.3, -0.25) is 4.79 Å². The van der Waals surface area contributed by atoms with Gasteiger partial charge in [-0.2, -0.15) is 23.5 Å². The maximum atomic E-state index is 11.8. The van der Waals surface area contributed by atoms with Crippen LogP contribution in [0.2, 0.25) is 0 Å². The predicted octanol–water partition coefficient (Wildman–Crippen LogP) is 0.966. The summed E-state index contributed by atoms with van der Waals surface area (Å²) >= 11 is 4.02. The Bertz CT molecular complexity index is 236. The summed E-state index contributed by atoms with van der Waals surface area (Å²) in [4.78, 5) is 11.8. The topological polar surface area (TPSA) is 50.4 Å². The number of ether oxygens (including phenoxy) is 1. The van der Waals surface area contributed by atoms with E-state index in [1.54, 1.807) is 7.11 Å². The third-order valence-electron chi connectivity index (χ3n) is 2.75. The Morgan fingerprint density at radius 1 is 1.50 bits per heavy atom. The van der Waals surface area contributed by atoms with Crippen LogP contribution in [0.1, 0.15) is 13.3 Å². The van der Waals surface area contributed by atoms with Crippen LogP contribution in [0.4, 0.5) is 0 Å². The summed E-state index contributed by atoms with van der Waals surface area (Å²) in [6.07, 6.45) is 0.865. The Labute approximate surface area is 118 Å². The number of hydrogen-bond donors (Lipinski definition) is 2. The van der Waals surface area contributed by atoms with Crippen molar-refractivity contribution in [2.75, 3.05) is 44.1 Å². The van der Waals surface area contributed by atoms with Crippen molar-refractivity contribution < 1.29 is 9.53 Å². The first-order valence-electron chi connectivity index (χ1n) is 6.43. The summed E-state index contributed by atoms with van der Waals surface area (Å²) in [6.45, 7) is 4.22. The Hall–Kier alpha value is 0.0900. The monoisotopic (exact) mass is 292 g/mol. The molecule has 1 rings (SSSR count). The molecule has 2 atom stereocenters. The summed E-state index contributed by atoms with van der Waals surface area (Å²) in [5.74, 6) is 3.77. The van der Waals surface area contributed by atoms with Crippen LogP contribution in [0, 0.1) is 0 Å². The average molecular weight is 292 g/mol. The fourth-order valence-electron chi connectivity index (χ4n) is 1.64. The van der Waals surface area contributed by atoms with Gasteiger partial charge in [0.15, 0.2) is 0 Å². The van der Waals surface area contributed by atoms with Gasteiger partial charge in [-0.25, -0.2) is 0 Å². The molecule has 1 saturated heterocycles. The van der Waals surface area contributed by atoms with Crippen LogP contribution in [0.25, 0.3) is 0 Å². The number of methoxy groups -OCH3 is 1. The predicted molar refractivity (Wildman–Crippen MR) is 80.5 cm³/mol. The second kappa shape index (κ2) is 9.95. The zero-order chi connectivity index (χ0) is 13.2. The minimum Gasteiger partial charge on any atom is -0.385 e. The number of nitrogens with one attached hydrogen (secondary N) is 2. The third-order valence-corrected chi connectivity index (χ3v) is 5.60. The Morgan fingerprint density at radius 3 is 3.00 bits per heavy atom. The lowest BCUT2D eigenvalue weighted by molar-refractivity contribution is -0.122. The van der Waals surface area contributed by atoms with Gasteiger partial charge in [-0.15, -0.1) is 0 Å². The molecule has 0 saturated carbocycles. The van der Waals surface area contributed by atoms with Crippen LogP contribution in [0.5, 0.6) is 0 Å². The van der Waals surface area contributed by atoms with E-state index >= 15 is 0 Å². The lowest BCUT2D eigenvalue weighted by Gasteiger charge is -2.23. The highest BCUT2D eigenvalue weighted by atomic mass is 32.2. The molecule has 1 aliphatic heterocycles. The van der Waals surface area contributed by atoms with E-state index < -0.39 is 0 Å². The first-order valence-corrected chi connectivity index (χ1v) is 8.63. The third kappa shape index (κ3) is 6.87. The number of rotatable bonds is 8. The largest absolute Gasteiger partial charge is 0.385 e. The highest BCUT2D eigenvalue weighted by Crippen LogP contribution is 2.23. The molecular formula is C12H24N2O2S2. The van der Waals surface area contributed by atoms with Crippen LogP contribution in [-0.2, 0) is 9.53 Å². The average Bonchev–Trinajstić information content (AvgIpc) is 2.42. The maximum absolute atomic E-state index is 11.8. The molecule has 0 aromatic rings. The first kappa shape index (κ1) is 16.1. The molecule has 0 radical (unpaired) electrons. The SMILES string of the molecule is COCCCNC(=O)C(C)NCC1CSCCS1. The number of hydrogen-bond acceptors (Lipinski definition) is 5. The van der Waals surface area contributed by atoms with Crippen LogP contribution in [0.15, 0.2) is 0 Å². The van der Waals surface area contributed by atoms with Gasteiger partial charge in [-0.05, 0) is 13.3 Å². The van der Waals surface area contributed by atoms with E-state index in [1.165, 1.54) is 17.3 Å². The fraction of sp³-hybridized carbons (Fsp3) is 0.917. The summed E-state index contributed by atoms with van der Waals surface area (Å²) in [5, 5.41) is 6.87. The summed E-state index contributed by atoms with van der Waals surface area (Å²) < 4.78 is 4.94. The normalized spacial score (nSPS) is 21.6. The molecule has 0 aromatic heterocycles. The molecule has 0 spiro atoms. The molecule has 1 amide bonds. The van der Waals surface area contributed by atoms with Crippen LogP contribution in [0.3, 0.4) is 0 Å². The summed E-state index contributed by atoms with van der Waals surface area (Å²) in [6, 6.07) is -0.111. The second-order valence-electron chi connectivity index (χ2n) is 4.34. The van der Waals surface area contributed by atoms with Crippen molar-refractivity contribution in [1.29, 1.82) is 0 Å². The molecule has 106 valence electrons. The van der Waals surface area contributed by atoms with Gasteiger partial charge < -0.3 is 15.4 Å². The van der Waals surface area contributed by atoms with E-state index in [0.717, 1.165) is 13.0 Å². The zero-order valence-electron chi connectivity index (χ0n) is 11.2. The van der Waals surface area contributed by atoms with Crippen molar-refractivity contribution in [2.24, 2.45) is 0 Å². The van der Waals surface area contributed by atoms with Crippen molar-refractivity contribution >= 4 is 29.4 Å². The number of thioether (sulfide) groups is 2. The highest BCUT2D eigenvalue weighted by molar-refractivity contribution is 8.06. The van der Waals surface area contributed by atoms with Gasteiger partial charge >= 0.3 is 0 Å². The first-order chi connectivity index (χ1) is 8.74. The van der Waals surface area contributed by atoms with Crippen LogP contribution >= 0.6 is 23.5 Å². The van der Waals surface area contributed by atoms with E-state index in [1.807, 2.05) is 30.4 Å². The van der Waals surface area contributed by atoms with Crippen molar-refractivity contribution in [3.8, 4) is 0 Å². The van der Waals surface area contributed by atoms with E-state index in [2.05, 4.69) is 10.6 Å². The number of amides is 1. The summed E-state index contributed by atoms with van der Waals surface area (Å²) in [5.41, 5.74) is 0. The minimum absolute atomic E-state index is 0.0829. The van der Waals surface area contributed by atoms with Gasteiger partial charge in [0.05, 0.1) is 6.04 Å². The number of carbonyl (C=O) groups is 1. The molecule has 4 nitrogen and oxygen atoms in total. The van der Waals surface area contributed by atoms with Crippen molar-refractivity contribution in [2.45, 2.75) is 24.6 Å². The van der Waals surface area contributed by atoms with Gasteiger partial charge in [0.25, 0.3) is 0 Å². The van der Waals surface area contributed by atoms with Crippen molar-refractivity contribution in [1.82, 2.24) is 10.6 Å². The smallest absolute Gasteiger partial charge is 0.236 e. The van der Waals surface area contributed by atoms with E-state index in [0.29, 0.717) is 18.4 Å². The van der Waals surface area contributed by atoms with E-state index in [4.69, 9.17) is 4.74 Å². The standard InChI is InChI=1S/C12H24N2O2S2/c1-10(12(15)13-4-3-5-16-2)14-8-11-9-17-6-7-18-11/h10-11,14H,3-9H2,1-2H3,(H,13,15). The van der Waals surface area contributed by atoms with Gasteiger partial charge in [0.1, 0.15) is 0 Å². The molecule has 2 N–H and O–H groups in total. The van der Waals surface area contributed by atoms with Gasteiger partial charge in [0.2, 0.25) is 5.91 Å². The molecule has 0 aromatic carbocycles. The lowest BCUT2D eigenvalue weighted by Crippen LogP contribution is -2.45. The van der Waals surface area contributed by atoms with Gasteiger partial charge in [-0.1, -0.05) is 0 Å². The fourth-order valence-corrected chi connectivity index (χ4v) is 4.26. The Kier molecular flexibility index (Phi) is 8.92. The van der Waals surface area contributed by atoms with E-state index in [9.17, 15) is 4.79 Å². The molecule has 6 heteroatoms. The Morgan fingerprint density at radius 2 is 2.33 bits per heavy atom. The molecule has 0 bridgehead atoms. The van der Waals surface area contributed by atoms with Crippen LogP contribution < -0.4 is 10.6 Å². The molecule has 1 heterocycles. The maximum Gasteiger partial charge on any atom is 0.236 e. The van der Waals surface area contributed by atoms with Gasteiger partial charge in [0, 0.05) is 49.3 Å². The van der Waals surface area contributed by atoms with Crippen molar-refractivity contribution in [3.05, 3.63) is 0 Å².